The van der Waals surface area contributed by atoms with Crippen molar-refractivity contribution in [2.24, 2.45) is 0 Å². The van der Waals surface area contributed by atoms with Gasteiger partial charge in [-0.1, -0.05) is 25.1 Å². The van der Waals surface area contributed by atoms with Crippen molar-refractivity contribution in [3.05, 3.63) is 53.1 Å². The Morgan fingerprint density at radius 3 is 2.69 bits per heavy atom. The highest BCUT2D eigenvalue weighted by atomic mass is 31.2. The summed E-state index contributed by atoms with van der Waals surface area (Å²) in [6.45, 7) is 3.78. The Kier molecular flexibility index (Phi) is 8.85. The monoisotopic (exact) mass is 529 g/mol. The lowest BCUT2D eigenvalue weighted by atomic mass is 9.98. The highest BCUT2D eigenvalue weighted by Gasteiger charge is 2.56. The summed E-state index contributed by atoms with van der Waals surface area (Å²) in [5.41, 5.74) is -3.48. The summed E-state index contributed by atoms with van der Waals surface area (Å²) in [5, 5.41) is 22.4. The van der Waals surface area contributed by atoms with E-state index < -0.39 is 62.0 Å². The van der Waals surface area contributed by atoms with Crippen molar-refractivity contribution >= 4 is 13.7 Å². The molecule has 1 aliphatic rings. The lowest BCUT2D eigenvalue weighted by molar-refractivity contribution is -0.145. The van der Waals surface area contributed by atoms with E-state index in [4.69, 9.17) is 18.5 Å². The molecule has 1 aromatic heterocycles. The molecule has 0 saturated carbocycles. The SMILES string of the molecule is CCCOC(=O)C(C)NP(=O)(OC[C@H]1O[C@@H](n2ccc(O)nc2=O)[C@](C)(F)[C@@H]1O)Oc1ccccc1. The molecule has 2 unspecified atom stereocenters. The van der Waals surface area contributed by atoms with Gasteiger partial charge in [-0.2, -0.15) is 10.1 Å². The maximum absolute atomic E-state index is 15.4. The van der Waals surface area contributed by atoms with E-state index in [2.05, 4.69) is 10.1 Å². The molecule has 3 rings (SSSR count). The maximum Gasteiger partial charge on any atom is 0.459 e. The summed E-state index contributed by atoms with van der Waals surface area (Å²) in [5.74, 6) is -1.10. The molecule has 0 spiro atoms. The zero-order chi connectivity index (χ0) is 26.5. The predicted molar refractivity (Wildman–Crippen MR) is 124 cm³/mol. The van der Waals surface area contributed by atoms with Gasteiger partial charge < -0.3 is 24.2 Å². The molecule has 12 nitrogen and oxygen atoms in total. The lowest BCUT2D eigenvalue weighted by Crippen LogP contribution is -2.43. The van der Waals surface area contributed by atoms with Crippen LogP contribution in [0.5, 0.6) is 11.6 Å². The van der Waals surface area contributed by atoms with Gasteiger partial charge in [-0.3, -0.25) is 13.9 Å². The Hall–Kier alpha value is -2.83. The van der Waals surface area contributed by atoms with E-state index in [1.54, 1.807) is 18.2 Å². The first-order chi connectivity index (χ1) is 17.0. The summed E-state index contributed by atoms with van der Waals surface area (Å²) in [6.07, 6.45) is -3.15. The van der Waals surface area contributed by atoms with Crippen LogP contribution in [0.3, 0.4) is 0 Å². The van der Waals surface area contributed by atoms with Gasteiger partial charge in [-0.15, -0.1) is 0 Å². The molecule has 0 amide bonds. The largest absolute Gasteiger partial charge is 0.493 e. The molecule has 0 bridgehead atoms. The second-order valence-corrected chi connectivity index (χ2v) is 10.0. The number of aliphatic hydroxyl groups excluding tert-OH is 1. The lowest BCUT2D eigenvalue weighted by Gasteiger charge is -2.25. The fraction of sp³-hybridized carbons (Fsp3) is 0.500. The molecule has 0 radical (unpaired) electrons. The number of carbonyl (C=O) groups is 1. The van der Waals surface area contributed by atoms with Crippen molar-refractivity contribution in [3.63, 3.8) is 0 Å². The molecule has 198 valence electrons. The number of ether oxygens (including phenoxy) is 2. The fourth-order valence-corrected chi connectivity index (χ4v) is 4.93. The molecule has 2 heterocycles. The Morgan fingerprint density at radius 2 is 2.06 bits per heavy atom. The number of alkyl halides is 1. The summed E-state index contributed by atoms with van der Waals surface area (Å²) in [7, 11) is -4.29. The number of halogens is 1. The first kappa shape index (κ1) is 27.8. The number of nitrogens with one attached hydrogen (secondary N) is 1. The van der Waals surface area contributed by atoms with Gasteiger partial charge in [0.2, 0.25) is 5.88 Å². The number of benzene rings is 1. The molecule has 1 saturated heterocycles. The van der Waals surface area contributed by atoms with Gasteiger partial charge in [-0.25, -0.2) is 13.8 Å². The third-order valence-corrected chi connectivity index (χ3v) is 6.96. The fourth-order valence-electron chi connectivity index (χ4n) is 3.43. The van der Waals surface area contributed by atoms with E-state index in [0.717, 1.165) is 23.8 Å². The van der Waals surface area contributed by atoms with Gasteiger partial charge in [0.1, 0.15) is 24.0 Å². The predicted octanol–water partition coefficient (Wildman–Crippen LogP) is 2.07. The van der Waals surface area contributed by atoms with Crippen LogP contribution in [-0.4, -0.2) is 62.9 Å². The molecule has 1 fully saturated rings. The van der Waals surface area contributed by atoms with Crippen molar-refractivity contribution in [1.29, 1.82) is 0 Å². The van der Waals surface area contributed by atoms with Crippen LogP contribution in [0, 0.1) is 0 Å². The minimum absolute atomic E-state index is 0.158. The molecular formula is C22H29FN3O9P. The van der Waals surface area contributed by atoms with E-state index in [9.17, 15) is 24.4 Å². The number of carbonyl (C=O) groups excluding carboxylic acids is 1. The Bertz CT molecular complexity index is 1150. The van der Waals surface area contributed by atoms with Crippen LogP contribution < -0.4 is 15.3 Å². The zero-order valence-corrected chi connectivity index (χ0v) is 20.8. The number of nitrogens with zero attached hydrogens (tertiary/aromatic N) is 2. The third kappa shape index (κ3) is 6.48. The molecule has 6 atom stereocenters. The minimum Gasteiger partial charge on any atom is -0.493 e. The molecule has 3 N–H and O–H groups in total. The minimum atomic E-state index is -4.29. The first-order valence-electron chi connectivity index (χ1n) is 11.2. The van der Waals surface area contributed by atoms with Crippen molar-refractivity contribution in [2.75, 3.05) is 13.2 Å². The maximum atomic E-state index is 15.4. The number of aromatic nitrogens is 2. The highest BCUT2D eigenvalue weighted by molar-refractivity contribution is 7.52. The summed E-state index contributed by atoms with van der Waals surface area (Å²) in [4.78, 5) is 27.6. The average molecular weight is 529 g/mol. The number of aromatic hydroxyl groups is 1. The van der Waals surface area contributed by atoms with Gasteiger partial charge in [0.25, 0.3) is 0 Å². The van der Waals surface area contributed by atoms with Gasteiger partial charge in [-0.05, 0) is 32.4 Å². The first-order valence-corrected chi connectivity index (χ1v) is 12.8. The van der Waals surface area contributed by atoms with Gasteiger partial charge >= 0.3 is 19.4 Å². The van der Waals surface area contributed by atoms with Crippen molar-refractivity contribution in [3.8, 4) is 11.6 Å². The number of hydrogen-bond acceptors (Lipinski definition) is 10. The van der Waals surface area contributed by atoms with Gasteiger partial charge in [0.05, 0.1) is 13.2 Å². The van der Waals surface area contributed by atoms with Crippen LogP contribution in [0.2, 0.25) is 0 Å². The second-order valence-electron chi connectivity index (χ2n) is 8.31. The zero-order valence-electron chi connectivity index (χ0n) is 19.9. The standard InChI is InChI=1S/C22H29FN3O9P/c1-4-12-32-19(29)14(2)25-36(31,35-15-8-6-5-7-9-15)33-13-16-18(28)22(3,23)20(34-16)26-11-10-17(27)24-21(26)30/h5-11,14,16,18,20,28H,4,12-13H2,1-3H3,(H,25,31)(H,24,27,30)/t14?,16-,18-,20-,22-,36?/m1/s1. The number of aliphatic hydroxyl groups is 1. The van der Waals surface area contributed by atoms with Crippen LogP contribution in [0.1, 0.15) is 33.4 Å². The van der Waals surface area contributed by atoms with Crippen molar-refractivity contribution in [1.82, 2.24) is 14.6 Å². The molecule has 2 aromatic rings. The molecule has 1 aromatic carbocycles. The Labute approximate surface area is 206 Å². The molecule has 1 aliphatic heterocycles. The molecule has 0 aliphatic carbocycles. The van der Waals surface area contributed by atoms with Crippen LogP contribution in [0.4, 0.5) is 4.39 Å². The highest BCUT2D eigenvalue weighted by Crippen LogP contribution is 2.47. The van der Waals surface area contributed by atoms with Crippen LogP contribution >= 0.6 is 7.75 Å². The number of esters is 1. The summed E-state index contributed by atoms with van der Waals surface area (Å²) >= 11 is 0. The summed E-state index contributed by atoms with van der Waals surface area (Å²) < 4.78 is 51.3. The van der Waals surface area contributed by atoms with Gasteiger partial charge in [0, 0.05) is 12.3 Å². The average Bonchev–Trinajstić information content (AvgIpc) is 3.05. The van der Waals surface area contributed by atoms with Gasteiger partial charge in [0.15, 0.2) is 11.9 Å². The normalized spacial score (nSPS) is 26.2. The van der Waals surface area contributed by atoms with Crippen molar-refractivity contribution in [2.45, 2.75) is 57.3 Å². The van der Waals surface area contributed by atoms with E-state index in [1.807, 2.05) is 6.92 Å². The van der Waals surface area contributed by atoms with Crippen LogP contribution in [0.15, 0.2) is 47.4 Å². The quantitative estimate of drug-likeness (QED) is 0.289. The Morgan fingerprint density at radius 1 is 1.36 bits per heavy atom. The van der Waals surface area contributed by atoms with Crippen LogP contribution in [0.25, 0.3) is 0 Å². The number of rotatable bonds is 11. The van der Waals surface area contributed by atoms with E-state index in [0.29, 0.717) is 6.42 Å². The second kappa shape index (κ2) is 11.5. The molecule has 14 heteroatoms. The van der Waals surface area contributed by atoms with Crippen molar-refractivity contribution < 1.29 is 42.5 Å². The smallest absolute Gasteiger partial charge is 0.459 e. The third-order valence-electron chi connectivity index (χ3n) is 5.32. The summed E-state index contributed by atoms with van der Waals surface area (Å²) in [6, 6.07) is 7.95. The van der Waals surface area contributed by atoms with Crippen LogP contribution in [-0.2, 0) is 23.4 Å². The number of para-hydroxylation sites is 1. The molecule has 36 heavy (non-hydrogen) atoms. The van der Waals surface area contributed by atoms with E-state index in [-0.39, 0.29) is 12.4 Å². The van der Waals surface area contributed by atoms with E-state index in [1.165, 1.54) is 19.1 Å². The Balaban J connectivity index is 1.78. The topological polar surface area (TPSA) is 158 Å². The number of hydrogen-bond donors (Lipinski definition) is 3. The van der Waals surface area contributed by atoms with E-state index >= 15 is 4.39 Å². The molecular weight excluding hydrogens is 500 g/mol.